The van der Waals surface area contributed by atoms with Crippen LogP contribution in [0.4, 0.5) is 4.39 Å². The van der Waals surface area contributed by atoms with Gasteiger partial charge in [-0.15, -0.1) is 12.4 Å². The Morgan fingerprint density at radius 1 is 1.07 bits per heavy atom. The lowest BCUT2D eigenvalue weighted by molar-refractivity contribution is -0.142. The molecule has 29 heavy (non-hydrogen) atoms. The van der Waals surface area contributed by atoms with Crippen molar-refractivity contribution in [3.05, 3.63) is 54.3 Å². The highest BCUT2D eigenvalue weighted by Gasteiger charge is 2.06. The number of aliphatic hydroxyl groups excluding tert-OH is 1. The van der Waals surface area contributed by atoms with Crippen LogP contribution < -0.4 is 19.5 Å². The van der Waals surface area contributed by atoms with Gasteiger partial charge in [0.15, 0.2) is 6.61 Å². The number of benzene rings is 2. The van der Waals surface area contributed by atoms with E-state index in [4.69, 9.17) is 14.2 Å². The van der Waals surface area contributed by atoms with Gasteiger partial charge in [0.05, 0.1) is 7.11 Å². The smallest absolute Gasteiger partial charge is 0.343 e. The number of carbonyl (C=O) groups excluding carboxylic acids is 1. The predicted molar refractivity (Wildman–Crippen MR) is 107 cm³/mol. The summed E-state index contributed by atoms with van der Waals surface area (Å²) in [5.41, 5.74) is 0. The Morgan fingerprint density at radius 3 is 2.41 bits per heavy atom. The minimum absolute atomic E-state index is 0. The molecule has 0 aliphatic heterocycles. The van der Waals surface area contributed by atoms with Crippen LogP contribution in [-0.4, -0.2) is 57.2 Å². The van der Waals surface area contributed by atoms with Crippen LogP contribution in [0, 0.1) is 5.82 Å². The summed E-state index contributed by atoms with van der Waals surface area (Å²) in [5.74, 6) is 0.737. The molecule has 0 heterocycles. The lowest BCUT2D eigenvalue weighted by Gasteiger charge is -2.14. The van der Waals surface area contributed by atoms with E-state index in [0.717, 1.165) is 0 Å². The van der Waals surface area contributed by atoms with Gasteiger partial charge in [-0.1, -0.05) is 6.07 Å². The largest absolute Gasteiger partial charge is 0.492 e. The molecule has 0 spiro atoms. The van der Waals surface area contributed by atoms with E-state index in [9.17, 15) is 14.3 Å². The first-order chi connectivity index (χ1) is 13.6. The van der Waals surface area contributed by atoms with E-state index in [2.05, 4.69) is 10.1 Å². The highest BCUT2D eigenvalue weighted by molar-refractivity contribution is 5.85. The molecule has 0 bridgehead atoms. The number of ether oxygens (including phenoxy) is 4. The maximum atomic E-state index is 13.0. The molecule has 0 radical (unpaired) electrons. The summed E-state index contributed by atoms with van der Waals surface area (Å²) in [6.07, 6.45) is -0.727. The topological polar surface area (TPSA) is 86.3 Å². The number of carbonyl (C=O) groups is 1. The van der Waals surface area contributed by atoms with Crippen molar-refractivity contribution in [2.45, 2.75) is 6.10 Å². The predicted octanol–water partition coefficient (Wildman–Crippen LogP) is 2.21. The van der Waals surface area contributed by atoms with Gasteiger partial charge in [0.2, 0.25) is 0 Å². The Morgan fingerprint density at radius 2 is 1.76 bits per heavy atom. The normalized spacial score (nSPS) is 11.1. The Hall–Kier alpha value is -2.55. The number of esters is 1. The quantitative estimate of drug-likeness (QED) is 0.395. The van der Waals surface area contributed by atoms with Crippen molar-refractivity contribution in [2.24, 2.45) is 0 Å². The van der Waals surface area contributed by atoms with Gasteiger partial charge in [0, 0.05) is 19.2 Å². The van der Waals surface area contributed by atoms with Crippen LogP contribution in [0.15, 0.2) is 48.5 Å². The summed E-state index contributed by atoms with van der Waals surface area (Å²) in [6.45, 7) is 1.16. The number of nitrogens with one attached hydrogen (secondary N) is 1. The number of halogens is 2. The third-order valence-corrected chi connectivity index (χ3v) is 3.57. The lowest BCUT2D eigenvalue weighted by Crippen LogP contribution is -2.33. The highest BCUT2D eigenvalue weighted by atomic mass is 35.5. The van der Waals surface area contributed by atoms with Gasteiger partial charge in [-0.05, 0) is 36.4 Å². The maximum absolute atomic E-state index is 13.0. The standard InChI is InChI=1S/C20H24FNO6.ClH/c1-25-20(24)14-28-18-7-5-17(6-8-18)26-10-9-22-12-16(23)13-27-19-4-2-3-15(21)11-19;/h2-8,11,16,22-23H,9-10,12-14H2,1H3;1H. The van der Waals surface area contributed by atoms with Gasteiger partial charge in [-0.3, -0.25) is 0 Å². The second-order valence-electron chi connectivity index (χ2n) is 5.81. The molecule has 160 valence electrons. The summed E-state index contributed by atoms with van der Waals surface area (Å²) in [7, 11) is 1.30. The maximum Gasteiger partial charge on any atom is 0.343 e. The Bertz CT molecular complexity index is 731. The number of rotatable bonds is 12. The highest BCUT2D eigenvalue weighted by Crippen LogP contribution is 2.17. The summed E-state index contributed by atoms with van der Waals surface area (Å²) < 4.78 is 33.7. The van der Waals surface area contributed by atoms with E-state index >= 15 is 0 Å². The van der Waals surface area contributed by atoms with Crippen molar-refractivity contribution < 1.29 is 33.2 Å². The molecule has 0 aliphatic carbocycles. The van der Waals surface area contributed by atoms with Crippen molar-refractivity contribution in [1.29, 1.82) is 0 Å². The monoisotopic (exact) mass is 429 g/mol. The minimum atomic E-state index is -0.727. The zero-order valence-electron chi connectivity index (χ0n) is 16.0. The third-order valence-electron chi connectivity index (χ3n) is 3.57. The molecular formula is C20H25ClFNO6. The van der Waals surface area contributed by atoms with Crippen molar-refractivity contribution in [1.82, 2.24) is 5.32 Å². The second-order valence-corrected chi connectivity index (χ2v) is 5.81. The van der Waals surface area contributed by atoms with Crippen LogP contribution in [0.3, 0.4) is 0 Å². The number of methoxy groups -OCH3 is 1. The van der Waals surface area contributed by atoms with E-state index in [0.29, 0.717) is 36.9 Å². The molecule has 0 amide bonds. The summed E-state index contributed by atoms with van der Waals surface area (Å²) in [6, 6.07) is 12.6. The van der Waals surface area contributed by atoms with Gasteiger partial charge in [-0.25, -0.2) is 9.18 Å². The summed E-state index contributed by atoms with van der Waals surface area (Å²) in [5, 5.41) is 12.9. The Labute approximate surface area is 175 Å². The number of hydrogen-bond acceptors (Lipinski definition) is 7. The average Bonchev–Trinajstić information content (AvgIpc) is 2.71. The molecule has 2 N–H and O–H groups in total. The molecule has 9 heteroatoms. The molecule has 0 saturated carbocycles. The van der Waals surface area contributed by atoms with Gasteiger partial charge in [0.25, 0.3) is 0 Å². The van der Waals surface area contributed by atoms with Crippen LogP contribution in [0.25, 0.3) is 0 Å². The van der Waals surface area contributed by atoms with Crippen molar-refractivity contribution in [3.8, 4) is 17.2 Å². The molecule has 7 nitrogen and oxygen atoms in total. The molecule has 0 saturated heterocycles. The fourth-order valence-electron chi connectivity index (χ4n) is 2.15. The molecule has 2 rings (SSSR count). The summed E-state index contributed by atoms with van der Waals surface area (Å²) in [4.78, 5) is 11.0. The van der Waals surface area contributed by atoms with Gasteiger partial charge < -0.3 is 29.4 Å². The summed E-state index contributed by atoms with van der Waals surface area (Å²) >= 11 is 0. The van der Waals surface area contributed by atoms with E-state index in [1.54, 1.807) is 36.4 Å². The third kappa shape index (κ3) is 9.98. The van der Waals surface area contributed by atoms with Crippen LogP contribution in [0.5, 0.6) is 17.2 Å². The van der Waals surface area contributed by atoms with Crippen molar-refractivity contribution in [3.63, 3.8) is 0 Å². The SMILES string of the molecule is COC(=O)COc1ccc(OCCNCC(O)COc2cccc(F)c2)cc1.Cl. The first kappa shape index (κ1) is 24.5. The second kappa shape index (κ2) is 13.6. The first-order valence-electron chi connectivity index (χ1n) is 8.76. The van der Waals surface area contributed by atoms with Crippen molar-refractivity contribution in [2.75, 3.05) is 40.0 Å². The zero-order valence-corrected chi connectivity index (χ0v) is 16.8. The number of aliphatic hydroxyl groups is 1. The van der Waals surface area contributed by atoms with Gasteiger partial charge in [0.1, 0.15) is 42.4 Å². The Balaban J connectivity index is 0.00000420. The van der Waals surface area contributed by atoms with E-state index in [1.165, 1.54) is 19.2 Å². The molecule has 0 aromatic heterocycles. The fourth-order valence-corrected chi connectivity index (χ4v) is 2.15. The van der Waals surface area contributed by atoms with Crippen molar-refractivity contribution >= 4 is 18.4 Å². The van der Waals surface area contributed by atoms with Gasteiger partial charge >= 0.3 is 5.97 Å². The lowest BCUT2D eigenvalue weighted by atomic mass is 10.3. The molecule has 2 aromatic rings. The molecule has 0 fully saturated rings. The molecular weight excluding hydrogens is 405 g/mol. The first-order valence-corrected chi connectivity index (χ1v) is 8.76. The zero-order chi connectivity index (χ0) is 20.2. The molecule has 1 atom stereocenters. The molecule has 1 unspecified atom stereocenters. The van der Waals surface area contributed by atoms with Crippen LogP contribution in [0.1, 0.15) is 0 Å². The van der Waals surface area contributed by atoms with E-state index < -0.39 is 12.1 Å². The van der Waals surface area contributed by atoms with Crippen LogP contribution >= 0.6 is 12.4 Å². The van der Waals surface area contributed by atoms with Crippen LogP contribution in [-0.2, 0) is 9.53 Å². The van der Waals surface area contributed by atoms with Gasteiger partial charge in [-0.2, -0.15) is 0 Å². The van der Waals surface area contributed by atoms with E-state index in [-0.39, 0.29) is 31.4 Å². The molecule has 0 aliphatic rings. The van der Waals surface area contributed by atoms with Crippen LogP contribution in [0.2, 0.25) is 0 Å². The molecule has 2 aromatic carbocycles. The van der Waals surface area contributed by atoms with E-state index in [1.807, 2.05) is 0 Å². The minimum Gasteiger partial charge on any atom is -0.492 e. The average molecular weight is 430 g/mol. The number of hydrogen-bond donors (Lipinski definition) is 2. The fraction of sp³-hybridized carbons (Fsp3) is 0.350. The Kier molecular flexibility index (Phi) is 11.5.